The van der Waals surface area contributed by atoms with Gasteiger partial charge in [0.1, 0.15) is 0 Å². The fourth-order valence-corrected chi connectivity index (χ4v) is 4.68. The average Bonchev–Trinajstić information content (AvgIpc) is 3.36. The zero-order valence-corrected chi connectivity index (χ0v) is 17.7. The minimum absolute atomic E-state index is 0.132. The third-order valence-corrected chi connectivity index (χ3v) is 6.68. The highest BCUT2D eigenvalue weighted by atomic mass is 16.5. The zero-order valence-electron chi connectivity index (χ0n) is 17.7. The first kappa shape index (κ1) is 20.1. The number of rotatable bonds is 6. The number of carbonyl (C=O) groups excluding carboxylic acids is 1. The number of piperidine rings is 1. The molecule has 1 saturated heterocycles. The first-order valence-corrected chi connectivity index (χ1v) is 11.0. The molecule has 0 aromatic carbocycles. The molecule has 0 unspecified atom stereocenters. The summed E-state index contributed by atoms with van der Waals surface area (Å²) in [5, 5.41) is 11.6. The van der Waals surface area contributed by atoms with Crippen molar-refractivity contribution in [1.29, 1.82) is 0 Å². The van der Waals surface area contributed by atoms with Crippen LogP contribution in [0.2, 0.25) is 0 Å². The monoisotopic (exact) mass is 399 g/mol. The van der Waals surface area contributed by atoms with E-state index >= 15 is 0 Å². The molecule has 1 saturated carbocycles. The van der Waals surface area contributed by atoms with Crippen LogP contribution in [0.4, 0.5) is 0 Å². The highest BCUT2D eigenvalue weighted by Crippen LogP contribution is 2.28. The van der Waals surface area contributed by atoms with Gasteiger partial charge in [-0.2, -0.15) is 5.10 Å². The van der Waals surface area contributed by atoms with Crippen molar-refractivity contribution in [3.05, 3.63) is 35.0 Å². The molecule has 158 valence electrons. The molecular formula is C22H33N5O2. The first-order valence-electron chi connectivity index (χ1n) is 11.0. The molecule has 2 aromatic heterocycles. The highest BCUT2D eigenvalue weighted by molar-refractivity contribution is 5.91. The van der Waals surface area contributed by atoms with Gasteiger partial charge in [-0.25, -0.2) is 0 Å². The van der Waals surface area contributed by atoms with E-state index in [0.29, 0.717) is 17.6 Å². The number of nitrogens with zero attached hydrogens (tertiary/aromatic N) is 4. The van der Waals surface area contributed by atoms with Crippen molar-refractivity contribution < 1.29 is 9.32 Å². The quantitative estimate of drug-likeness (QED) is 0.806. The summed E-state index contributed by atoms with van der Waals surface area (Å²) in [6, 6.07) is 1.85. The summed E-state index contributed by atoms with van der Waals surface area (Å²) in [6.45, 7) is 5.78. The summed E-state index contributed by atoms with van der Waals surface area (Å²) in [4.78, 5) is 14.9. The van der Waals surface area contributed by atoms with Crippen molar-refractivity contribution in [2.75, 3.05) is 19.6 Å². The Labute approximate surface area is 172 Å². The van der Waals surface area contributed by atoms with Gasteiger partial charge in [0.15, 0.2) is 0 Å². The standard InChI is InChI=1S/C22H33N5O2/c1-16-19(13-24-26(16)2)15-27-10-6-9-18(14-27)20-11-21(29-25-20)22(28)23-12-17-7-4-3-5-8-17/h11,13,17-18H,3-10,12,14-15H2,1-2H3,(H,23,28)/t18-/m1/s1. The van der Waals surface area contributed by atoms with Crippen LogP contribution in [-0.2, 0) is 13.6 Å². The summed E-state index contributed by atoms with van der Waals surface area (Å²) in [7, 11) is 1.98. The number of carbonyl (C=O) groups is 1. The molecule has 4 rings (SSSR count). The minimum atomic E-state index is -0.132. The summed E-state index contributed by atoms with van der Waals surface area (Å²) >= 11 is 0. The van der Waals surface area contributed by atoms with E-state index in [-0.39, 0.29) is 5.91 Å². The van der Waals surface area contributed by atoms with Gasteiger partial charge >= 0.3 is 0 Å². The van der Waals surface area contributed by atoms with E-state index in [2.05, 4.69) is 27.4 Å². The molecule has 1 atom stereocenters. The van der Waals surface area contributed by atoms with Crippen LogP contribution in [0.15, 0.2) is 16.8 Å². The lowest BCUT2D eigenvalue weighted by molar-refractivity contribution is 0.0906. The van der Waals surface area contributed by atoms with Crippen molar-refractivity contribution in [1.82, 2.24) is 25.2 Å². The van der Waals surface area contributed by atoms with Crippen LogP contribution in [0.25, 0.3) is 0 Å². The van der Waals surface area contributed by atoms with Gasteiger partial charge in [-0.3, -0.25) is 14.4 Å². The number of aryl methyl sites for hydroxylation is 1. The zero-order chi connectivity index (χ0) is 20.2. The molecule has 7 nitrogen and oxygen atoms in total. The molecule has 1 N–H and O–H groups in total. The van der Waals surface area contributed by atoms with E-state index in [9.17, 15) is 4.79 Å². The molecule has 1 aliphatic heterocycles. The molecule has 2 fully saturated rings. The van der Waals surface area contributed by atoms with E-state index in [1.807, 2.05) is 24.0 Å². The van der Waals surface area contributed by atoms with Crippen LogP contribution in [0, 0.1) is 12.8 Å². The van der Waals surface area contributed by atoms with Gasteiger partial charge in [0.2, 0.25) is 5.76 Å². The predicted octanol–water partition coefficient (Wildman–Crippen LogP) is 3.41. The molecule has 2 aliphatic rings. The summed E-state index contributed by atoms with van der Waals surface area (Å²) in [5.74, 6) is 1.13. The van der Waals surface area contributed by atoms with Gasteiger partial charge < -0.3 is 9.84 Å². The molecule has 29 heavy (non-hydrogen) atoms. The second kappa shape index (κ2) is 9.11. The van der Waals surface area contributed by atoms with Gasteiger partial charge in [-0.05, 0) is 45.1 Å². The van der Waals surface area contributed by atoms with E-state index in [0.717, 1.165) is 44.7 Å². The van der Waals surface area contributed by atoms with Gasteiger partial charge in [-0.15, -0.1) is 0 Å². The maximum absolute atomic E-state index is 12.5. The SMILES string of the molecule is Cc1c(CN2CCC[C@@H](c3cc(C(=O)NCC4CCCCC4)on3)C2)cnn1C. The predicted molar refractivity (Wildman–Crippen MR) is 111 cm³/mol. The highest BCUT2D eigenvalue weighted by Gasteiger charge is 2.26. The molecule has 1 aliphatic carbocycles. The summed E-state index contributed by atoms with van der Waals surface area (Å²) < 4.78 is 7.32. The Hall–Kier alpha value is -2.15. The Morgan fingerprint density at radius 2 is 2.07 bits per heavy atom. The van der Waals surface area contributed by atoms with E-state index < -0.39 is 0 Å². The van der Waals surface area contributed by atoms with Crippen molar-refractivity contribution in [2.24, 2.45) is 13.0 Å². The van der Waals surface area contributed by atoms with Crippen LogP contribution in [0.1, 0.15) is 78.4 Å². The van der Waals surface area contributed by atoms with Crippen molar-refractivity contribution >= 4 is 5.91 Å². The smallest absolute Gasteiger partial charge is 0.289 e. The molecule has 0 spiro atoms. The second-order valence-electron chi connectivity index (χ2n) is 8.78. The first-order chi connectivity index (χ1) is 14.1. The number of amides is 1. The summed E-state index contributed by atoms with van der Waals surface area (Å²) in [5.41, 5.74) is 3.39. The molecule has 3 heterocycles. The molecular weight excluding hydrogens is 366 g/mol. The van der Waals surface area contributed by atoms with Gasteiger partial charge in [-0.1, -0.05) is 24.4 Å². The third kappa shape index (κ3) is 4.89. The van der Waals surface area contributed by atoms with E-state index in [4.69, 9.17) is 4.52 Å². The topological polar surface area (TPSA) is 76.2 Å². The Bertz CT molecular complexity index is 821. The van der Waals surface area contributed by atoms with Gasteiger partial charge in [0, 0.05) is 49.9 Å². The number of hydrogen-bond acceptors (Lipinski definition) is 5. The molecule has 1 amide bonds. The van der Waals surface area contributed by atoms with Crippen molar-refractivity contribution in [2.45, 2.75) is 64.3 Å². The Kier molecular flexibility index (Phi) is 6.33. The Morgan fingerprint density at radius 3 is 2.83 bits per heavy atom. The lowest BCUT2D eigenvalue weighted by Crippen LogP contribution is -2.34. The number of nitrogens with one attached hydrogen (secondary N) is 1. The summed E-state index contributed by atoms with van der Waals surface area (Å²) in [6.07, 6.45) is 10.5. The second-order valence-corrected chi connectivity index (χ2v) is 8.78. The van der Waals surface area contributed by atoms with Crippen LogP contribution < -0.4 is 5.32 Å². The maximum atomic E-state index is 12.5. The largest absolute Gasteiger partial charge is 0.351 e. The number of likely N-dealkylation sites (tertiary alicyclic amines) is 1. The number of hydrogen-bond donors (Lipinski definition) is 1. The lowest BCUT2D eigenvalue weighted by atomic mass is 9.89. The van der Waals surface area contributed by atoms with Crippen molar-refractivity contribution in [3.63, 3.8) is 0 Å². The molecule has 0 radical (unpaired) electrons. The van der Waals surface area contributed by atoms with Crippen LogP contribution in [0.3, 0.4) is 0 Å². The van der Waals surface area contributed by atoms with Crippen LogP contribution >= 0.6 is 0 Å². The van der Waals surface area contributed by atoms with Gasteiger partial charge in [0.05, 0.1) is 11.9 Å². The lowest BCUT2D eigenvalue weighted by Gasteiger charge is -2.31. The molecule has 2 aromatic rings. The minimum Gasteiger partial charge on any atom is -0.351 e. The fraction of sp³-hybridized carbons (Fsp3) is 0.682. The van der Waals surface area contributed by atoms with E-state index in [1.54, 1.807) is 0 Å². The maximum Gasteiger partial charge on any atom is 0.289 e. The van der Waals surface area contributed by atoms with Crippen LogP contribution in [-0.4, -0.2) is 45.4 Å². The Balaban J connectivity index is 1.32. The van der Waals surface area contributed by atoms with Crippen molar-refractivity contribution in [3.8, 4) is 0 Å². The Morgan fingerprint density at radius 1 is 1.24 bits per heavy atom. The van der Waals surface area contributed by atoms with E-state index in [1.165, 1.54) is 43.4 Å². The fourth-order valence-electron chi connectivity index (χ4n) is 4.68. The average molecular weight is 400 g/mol. The number of aromatic nitrogens is 3. The normalized spacial score (nSPS) is 21.4. The molecule has 0 bridgehead atoms. The third-order valence-electron chi connectivity index (χ3n) is 6.68. The van der Waals surface area contributed by atoms with Crippen LogP contribution in [0.5, 0.6) is 0 Å². The molecule has 7 heteroatoms. The van der Waals surface area contributed by atoms with Gasteiger partial charge in [0.25, 0.3) is 5.91 Å².